The fourth-order valence-corrected chi connectivity index (χ4v) is 4.61. The van der Waals surface area contributed by atoms with Crippen molar-refractivity contribution in [3.63, 3.8) is 0 Å². The number of sulfonamides is 1. The predicted octanol–water partition coefficient (Wildman–Crippen LogP) is 3.16. The van der Waals surface area contributed by atoms with Gasteiger partial charge in [0.1, 0.15) is 0 Å². The van der Waals surface area contributed by atoms with Crippen LogP contribution in [0.5, 0.6) is 0 Å². The predicted molar refractivity (Wildman–Crippen MR) is 111 cm³/mol. The molecule has 0 saturated heterocycles. The smallest absolute Gasteiger partial charge is 0.240 e. The normalized spacial score (nSPS) is 15.7. The number of carbonyl (C=O) groups is 1. The molecule has 1 saturated carbocycles. The fraction of sp³-hybridized carbons (Fsp3) is 0.667. The highest BCUT2D eigenvalue weighted by Gasteiger charge is 2.21. The summed E-state index contributed by atoms with van der Waals surface area (Å²) in [5.41, 5.74) is 0.954. The van der Waals surface area contributed by atoms with Crippen LogP contribution in [0.15, 0.2) is 29.2 Å². The lowest BCUT2D eigenvalue weighted by molar-refractivity contribution is -0.121. The van der Waals surface area contributed by atoms with Gasteiger partial charge in [0.05, 0.1) is 11.0 Å². The minimum Gasteiger partial charge on any atom is -0.379 e. The summed E-state index contributed by atoms with van der Waals surface area (Å²) in [5.74, 6) is 0.000195. The third kappa shape index (κ3) is 8.29. The lowest BCUT2D eigenvalue weighted by Crippen LogP contribution is -2.36. The molecule has 1 amide bonds. The summed E-state index contributed by atoms with van der Waals surface area (Å²) < 4.78 is 33.3. The van der Waals surface area contributed by atoms with Crippen molar-refractivity contribution in [3.05, 3.63) is 29.8 Å². The maximum atomic E-state index is 12.5. The van der Waals surface area contributed by atoms with E-state index in [-0.39, 0.29) is 22.9 Å². The molecule has 1 fully saturated rings. The lowest BCUT2D eigenvalue weighted by Gasteiger charge is -2.22. The second-order valence-corrected chi connectivity index (χ2v) is 9.44. The molecule has 0 aliphatic heterocycles. The van der Waals surface area contributed by atoms with Crippen molar-refractivity contribution in [3.8, 4) is 0 Å². The van der Waals surface area contributed by atoms with Crippen LogP contribution in [-0.2, 0) is 26.0 Å². The second-order valence-electron chi connectivity index (χ2n) is 7.72. The first-order valence-electron chi connectivity index (χ1n) is 10.4. The van der Waals surface area contributed by atoms with E-state index in [0.717, 1.165) is 37.7 Å². The molecule has 2 N–H and O–H groups in total. The van der Waals surface area contributed by atoms with E-state index < -0.39 is 10.0 Å². The summed E-state index contributed by atoms with van der Waals surface area (Å²) in [4.78, 5) is 12.2. The molecule has 0 unspecified atom stereocenters. The third-order valence-electron chi connectivity index (χ3n) is 4.90. The SMILES string of the molecule is CC(C)OCCCNC(=O)CCc1ccc(S(=O)(=O)NC2CCCCC2)cc1. The van der Waals surface area contributed by atoms with Crippen molar-refractivity contribution in [1.82, 2.24) is 10.0 Å². The Morgan fingerprint density at radius 3 is 2.46 bits per heavy atom. The number of benzene rings is 1. The first kappa shape index (κ1) is 22.8. The van der Waals surface area contributed by atoms with Crippen LogP contribution in [-0.4, -0.2) is 39.6 Å². The molecule has 1 aliphatic carbocycles. The van der Waals surface area contributed by atoms with E-state index in [9.17, 15) is 13.2 Å². The summed E-state index contributed by atoms with van der Waals surface area (Å²) in [6.07, 6.45) is 7.16. The van der Waals surface area contributed by atoms with E-state index in [1.807, 2.05) is 13.8 Å². The average Bonchev–Trinajstić information content (AvgIpc) is 2.66. The van der Waals surface area contributed by atoms with Crippen LogP contribution in [0.25, 0.3) is 0 Å². The second kappa shape index (κ2) is 11.5. The van der Waals surface area contributed by atoms with Gasteiger partial charge in [0.25, 0.3) is 0 Å². The summed E-state index contributed by atoms with van der Waals surface area (Å²) in [5, 5.41) is 2.88. The molecule has 0 radical (unpaired) electrons. The zero-order chi connectivity index (χ0) is 20.4. The molecule has 28 heavy (non-hydrogen) atoms. The van der Waals surface area contributed by atoms with Crippen LogP contribution >= 0.6 is 0 Å². The van der Waals surface area contributed by atoms with Gasteiger partial charge in [-0.25, -0.2) is 13.1 Å². The van der Waals surface area contributed by atoms with Gasteiger partial charge in [-0.2, -0.15) is 0 Å². The third-order valence-corrected chi connectivity index (χ3v) is 6.43. The summed E-state index contributed by atoms with van der Waals surface area (Å²) in [6.45, 7) is 5.22. The number of carbonyl (C=O) groups excluding carboxylic acids is 1. The van der Waals surface area contributed by atoms with Crippen molar-refractivity contribution in [1.29, 1.82) is 0 Å². The molecular formula is C21H34N2O4S. The largest absolute Gasteiger partial charge is 0.379 e. The van der Waals surface area contributed by atoms with Gasteiger partial charge in [0.15, 0.2) is 0 Å². The molecule has 1 aromatic rings. The standard InChI is InChI=1S/C21H34N2O4S/c1-17(2)27-16-6-15-22-21(24)14-11-18-9-12-20(13-10-18)28(25,26)23-19-7-4-3-5-8-19/h9-10,12-13,17,19,23H,3-8,11,14-16H2,1-2H3,(H,22,24). The number of amides is 1. The Kier molecular flexibility index (Phi) is 9.41. The van der Waals surface area contributed by atoms with Crippen molar-refractivity contribution in [2.24, 2.45) is 0 Å². The Hall–Kier alpha value is -1.44. The Morgan fingerprint density at radius 2 is 1.82 bits per heavy atom. The monoisotopic (exact) mass is 410 g/mol. The van der Waals surface area contributed by atoms with Gasteiger partial charge in [-0.1, -0.05) is 31.4 Å². The zero-order valence-corrected chi connectivity index (χ0v) is 17.9. The van der Waals surface area contributed by atoms with Gasteiger partial charge in [-0.15, -0.1) is 0 Å². The Labute approximate surface area is 169 Å². The Bertz CT molecular complexity index is 696. The number of aryl methyl sites for hydroxylation is 1. The van der Waals surface area contributed by atoms with Gasteiger partial charge < -0.3 is 10.1 Å². The maximum absolute atomic E-state index is 12.5. The van der Waals surface area contributed by atoms with E-state index in [2.05, 4.69) is 10.0 Å². The molecule has 0 heterocycles. The van der Waals surface area contributed by atoms with Crippen molar-refractivity contribution in [2.45, 2.75) is 82.3 Å². The van der Waals surface area contributed by atoms with Crippen LogP contribution < -0.4 is 10.0 Å². The molecule has 158 valence electrons. The van der Waals surface area contributed by atoms with Crippen molar-refractivity contribution < 1.29 is 17.9 Å². The van der Waals surface area contributed by atoms with Crippen LogP contribution in [0.3, 0.4) is 0 Å². The Balaban J connectivity index is 1.73. The molecule has 7 heteroatoms. The molecule has 1 aliphatic rings. The van der Waals surface area contributed by atoms with Crippen LogP contribution in [0.1, 0.15) is 64.4 Å². The minimum absolute atomic E-state index is 0.000195. The highest BCUT2D eigenvalue weighted by atomic mass is 32.2. The fourth-order valence-electron chi connectivity index (χ4n) is 3.31. The average molecular weight is 411 g/mol. The number of rotatable bonds is 11. The first-order chi connectivity index (χ1) is 13.4. The van der Waals surface area contributed by atoms with Crippen LogP contribution in [0.2, 0.25) is 0 Å². The molecular weight excluding hydrogens is 376 g/mol. The maximum Gasteiger partial charge on any atom is 0.240 e. The molecule has 6 nitrogen and oxygen atoms in total. The molecule has 0 aromatic heterocycles. The van der Waals surface area contributed by atoms with E-state index in [1.54, 1.807) is 24.3 Å². The van der Waals surface area contributed by atoms with Gasteiger partial charge in [-0.05, 0) is 57.2 Å². The van der Waals surface area contributed by atoms with Gasteiger partial charge in [0, 0.05) is 25.6 Å². The molecule has 0 spiro atoms. The molecule has 0 atom stereocenters. The first-order valence-corrected chi connectivity index (χ1v) is 11.8. The molecule has 0 bridgehead atoms. The topological polar surface area (TPSA) is 84.5 Å². The molecule has 1 aromatic carbocycles. The van der Waals surface area contributed by atoms with Gasteiger partial charge >= 0.3 is 0 Å². The van der Waals surface area contributed by atoms with Crippen molar-refractivity contribution >= 4 is 15.9 Å². The van der Waals surface area contributed by atoms with E-state index in [0.29, 0.717) is 26.0 Å². The Morgan fingerprint density at radius 1 is 1.14 bits per heavy atom. The zero-order valence-electron chi connectivity index (χ0n) is 17.1. The number of ether oxygens (including phenoxy) is 1. The van der Waals surface area contributed by atoms with Gasteiger partial charge in [-0.3, -0.25) is 4.79 Å². The van der Waals surface area contributed by atoms with Crippen molar-refractivity contribution in [2.75, 3.05) is 13.2 Å². The summed E-state index contributed by atoms with van der Waals surface area (Å²) in [7, 11) is -3.47. The van der Waals surface area contributed by atoms with E-state index >= 15 is 0 Å². The van der Waals surface area contributed by atoms with Crippen LogP contribution in [0.4, 0.5) is 0 Å². The number of hydrogen-bond donors (Lipinski definition) is 2. The van der Waals surface area contributed by atoms with E-state index in [4.69, 9.17) is 4.74 Å². The highest BCUT2D eigenvalue weighted by molar-refractivity contribution is 7.89. The molecule has 2 rings (SSSR count). The quantitative estimate of drug-likeness (QED) is 0.549. The number of hydrogen-bond acceptors (Lipinski definition) is 4. The lowest BCUT2D eigenvalue weighted by atomic mass is 9.96. The minimum atomic E-state index is -3.47. The van der Waals surface area contributed by atoms with Gasteiger partial charge in [0.2, 0.25) is 15.9 Å². The number of nitrogens with one attached hydrogen (secondary N) is 2. The summed E-state index contributed by atoms with van der Waals surface area (Å²) >= 11 is 0. The van der Waals surface area contributed by atoms with E-state index in [1.165, 1.54) is 6.42 Å². The highest BCUT2D eigenvalue weighted by Crippen LogP contribution is 2.20. The summed E-state index contributed by atoms with van der Waals surface area (Å²) in [6, 6.07) is 6.88. The van der Waals surface area contributed by atoms with Crippen LogP contribution in [0, 0.1) is 0 Å².